The Labute approximate surface area is 171 Å². The minimum atomic E-state index is -0.133. The predicted molar refractivity (Wildman–Crippen MR) is 116 cm³/mol. The molecule has 0 fully saturated rings. The Morgan fingerprint density at radius 2 is 1.79 bits per heavy atom. The van der Waals surface area contributed by atoms with Gasteiger partial charge in [0.25, 0.3) is 5.56 Å². The Morgan fingerprint density at radius 1 is 1.10 bits per heavy atom. The second-order valence-corrected chi connectivity index (χ2v) is 8.08. The number of carbonyl (C=O) groups is 1. The van der Waals surface area contributed by atoms with Crippen molar-refractivity contribution < 1.29 is 4.79 Å². The van der Waals surface area contributed by atoms with Gasteiger partial charge in [-0.05, 0) is 43.1 Å². The maximum atomic E-state index is 13.0. The van der Waals surface area contributed by atoms with Gasteiger partial charge in [-0.25, -0.2) is 0 Å². The lowest BCUT2D eigenvalue weighted by Crippen LogP contribution is -2.47. The molecular formula is C24H27N3O2. The van der Waals surface area contributed by atoms with Crippen molar-refractivity contribution in [2.24, 2.45) is 0 Å². The second kappa shape index (κ2) is 7.84. The summed E-state index contributed by atoms with van der Waals surface area (Å²) in [5.74, 6) is -0.0478. The van der Waals surface area contributed by atoms with E-state index in [0.717, 1.165) is 29.4 Å². The third-order valence-corrected chi connectivity index (χ3v) is 6.05. The molecule has 29 heavy (non-hydrogen) atoms. The summed E-state index contributed by atoms with van der Waals surface area (Å²) >= 11 is 0. The van der Waals surface area contributed by atoms with Crippen molar-refractivity contribution in [2.75, 3.05) is 20.6 Å². The van der Waals surface area contributed by atoms with Crippen LogP contribution in [0.1, 0.15) is 16.7 Å². The van der Waals surface area contributed by atoms with Crippen LogP contribution in [-0.4, -0.2) is 47.0 Å². The van der Waals surface area contributed by atoms with E-state index in [1.807, 2.05) is 38.2 Å². The molecule has 1 aliphatic heterocycles. The van der Waals surface area contributed by atoms with Crippen LogP contribution < -0.4 is 5.56 Å². The summed E-state index contributed by atoms with van der Waals surface area (Å²) in [6.07, 6.45) is 0.928. The van der Waals surface area contributed by atoms with Gasteiger partial charge in [0, 0.05) is 37.6 Å². The Morgan fingerprint density at radius 3 is 2.59 bits per heavy atom. The first kappa shape index (κ1) is 19.4. The van der Waals surface area contributed by atoms with E-state index in [9.17, 15) is 9.59 Å². The minimum absolute atomic E-state index is 0.0478. The summed E-state index contributed by atoms with van der Waals surface area (Å²) in [4.78, 5) is 29.6. The van der Waals surface area contributed by atoms with Crippen molar-refractivity contribution in [1.82, 2.24) is 14.4 Å². The lowest BCUT2D eigenvalue weighted by Gasteiger charge is -2.36. The van der Waals surface area contributed by atoms with Crippen molar-refractivity contribution in [3.05, 3.63) is 81.6 Å². The largest absolute Gasteiger partial charge is 0.343 e. The van der Waals surface area contributed by atoms with Crippen molar-refractivity contribution in [3.8, 4) is 0 Å². The molecule has 0 saturated heterocycles. The molecule has 2 aromatic carbocycles. The number of rotatable bonds is 4. The van der Waals surface area contributed by atoms with Gasteiger partial charge in [0.15, 0.2) is 0 Å². The molecule has 1 aromatic heterocycles. The molecule has 1 atom stereocenters. The molecule has 5 nitrogen and oxygen atoms in total. The number of pyridine rings is 1. The molecule has 3 aromatic rings. The van der Waals surface area contributed by atoms with Gasteiger partial charge in [-0.3, -0.25) is 19.1 Å². The first-order valence-corrected chi connectivity index (χ1v) is 10.0. The van der Waals surface area contributed by atoms with Gasteiger partial charge in [0.05, 0.1) is 5.52 Å². The molecule has 0 radical (unpaired) electrons. The number of aryl methyl sites for hydroxylation is 1. The van der Waals surface area contributed by atoms with Gasteiger partial charge in [0.2, 0.25) is 5.91 Å². The maximum absolute atomic E-state index is 13.0. The number of hydrogen-bond donors (Lipinski definition) is 0. The minimum Gasteiger partial charge on any atom is -0.343 e. The number of nitrogens with zero attached hydrogens (tertiary/aromatic N) is 3. The zero-order valence-corrected chi connectivity index (χ0v) is 17.3. The molecule has 0 spiro atoms. The lowest BCUT2D eigenvalue weighted by atomic mass is 9.94. The third kappa shape index (κ3) is 3.83. The SMILES string of the molecule is Cc1cc(=O)n(CC(=O)N(C)C[C@H]2Cc3ccccc3CN2C)c2ccccc12. The molecular weight excluding hydrogens is 362 g/mol. The van der Waals surface area contributed by atoms with E-state index in [4.69, 9.17) is 0 Å². The summed E-state index contributed by atoms with van der Waals surface area (Å²) < 4.78 is 1.58. The van der Waals surface area contributed by atoms with Crippen molar-refractivity contribution >= 4 is 16.8 Å². The summed E-state index contributed by atoms with van der Waals surface area (Å²) in [6.45, 7) is 3.52. The summed E-state index contributed by atoms with van der Waals surface area (Å²) in [5, 5.41) is 1.01. The van der Waals surface area contributed by atoms with Crippen LogP contribution in [0.3, 0.4) is 0 Å². The smallest absolute Gasteiger partial charge is 0.251 e. The number of likely N-dealkylation sites (N-methyl/N-ethyl adjacent to an activating group) is 2. The standard InChI is InChI=1S/C24H27N3O2/c1-17-12-23(28)27(22-11-7-6-10-21(17)22)16-24(29)26(3)15-20-13-18-8-4-5-9-19(18)14-25(20)2/h4-12,20H,13-16H2,1-3H3/t20-/m1/s1. The molecule has 1 amide bonds. The number of fused-ring (bicyclic) bond motifs is 2. The van der Waals surface area contributed by atoms with Crippen molar-refractivity contribution in [1.29, 1.82) is 0 Å². The first-order valence-electron chi connectivity index (χ1n) is 10.0. The number of benzene rings is 2. The third-order valence-electron chi connectivity index (χ3n) is 6.05. The molecule has 150 valence electrons. The van der Waals surface area contributed by atoms with Crippen LogP contribution in [-0.2, 0) is 24.3 Å². The molecule has 0 unspecified atom stereocenters. The van der Waals surface area contributed by atoms with Gasteiger partial charge in [0.1, 0.15) is 6.54 Å². The number of amides is 1. The fourth-order valence-corrected chi connectivity index (χ4v) is 4.26. The van der Waals surface area contributed by atoms with Gasteiger partial charge in [-0.2, -0.15) is 0 Å². The van der Waals surface area contributed by atoms with E-state index >= 15 is 0 Å². The van der Waals surface area contributed by atoms with Crippen LogP contribution in [0.5, 0.6) is 0 Å². The number of carbonyl (C=O) groups excluding carboxylic acids is 1. The highest BCUT2D eigenvalue weighted by molar-refractivity contribution is 5.84. The highest BCUT2D eigenvalue weighted by atomic mass is 16.2. The van der Waals surface area contributed by atoms with Crippen LogP contribution in [0.4, 0.5) is 0 Å². The topological polar surface area (TPSA) is 45.6 Å². The molecule has 5 heteroatoms. The molecule has 0 aliphatic carbocycles. The van der Waals surface area contributed by atoms with Crippen LogP contribution in [0, 0.1) is 6.92 Å². The zero-order chi connectivity index (χ0) is 20.5. The predicted octanol–water partition coefficient (Wildman–Crippen LogP) is 2.83. The molecule has 4 rings (SSSR count). The van der Waals surface area contributed by atoms with E-state index in [0.29, 0.717) is 6.54 Å². The molecule has 0 bridgehead atoms. The number of para-hydroxylation sites is 1. The normalized spacial score (nSPS) is 16.6. The molecule has 2 heterocycles. The van der Waals surface area contributed by atoms with Gasteiger partial charge < -0.3 is 4.90 Å². The maximum Gasteiger partial charge on any atom is 0.251 e. The van der Waals surface area contributed by atoms with E-state index in [1.54, 1.807) is 15.5 Å². The Balaban J connectivity index is 1.51. The summed E-state index contributed by atoms with van der Waals surface area (Å²) in [5.41, 5.74) is 4.33. The Kier molecular flexibility index (Phi) is 5.24. The second-order valence-electron chi connectivity index (χ2n) is 8.08. The average Bonchev–Trinajstić information content (AvgIpc) is 2.71. The summed E-state index contributed by atoms with van der Waals surface area (Å²) in [7, 11) is 3.94. The van der Waals surface area contributed by atoms with E-state index in [-0.39, 0.29) is 24.1 Å². The number of aromatic nitrogens is 1. The van der Waals surface area contributed by atoms with Crippen molar-refractivity contribution in [3.63, 3.8) is 0 Å². The van der Waals surface area contributed by atoms with Gasteiger partial charge in [-0.15, -0.1) is 0 Å². The zero-order valence-electron chi connectivity index (χ0n) is 17.3. The van der Waals surface area contributed by atoms with Crippen LogP contribution >= 0.6 is 0 Å². The van der Waals surface area contributed by atoms with Crippen LogP contribution in [0.25, 0.3) is 10.9 Å². The first-order chi connectivity index (χ1) is 13.9. The Hall–Kier alpha value is -2.92. The fourth-order valence-electron chi connectivity index (χ4n) is 4.26. The molecule has 1 aliphatic rings. The molecule has 0 saturated carbocycles. The number of hydrogen-bond acceptors (Lipinski definition) is 3. The van der Waals surface area contributed by atoms with Gasteiger partial charge in [-0.1, -0.05) is 42.5 Å². The highest BCUT2D eigenvalue weighted by Crippen LogP contribution is 2.22. The fraction of sp³-hybridized carbons (Fsp3) is 0.333. The van der Waals surface area contributed by atoms with Crippen LogP contribution in [0.2, 0.25) is 0 Å². The van der Waals surface area contributed by atoms with Crippen LogP contribution in [0.15, 0.2) is 59.4 Å². The average molecular weight is 389 g/mol. The molecule has 0 N–H and O–H groups in total. The highest BCUT2D eigenvalue weighted by Gasteiger charge is 2.25. The van der Waals surface area contributed by atoms with E-state index in [1.165, 1.54) is 11.1 Å². The quantitative estimate of drug-likeness (QED) is 0.689. The monoisotopic (exact) mass is 389 g/mol. The van der Waals surface area contributed by atoms with Crippen molar-refractivity contribution in [2.45, 2.75) is 32.5 Å². The van der Waals surface area contributed by atoms with E-state index < -0.39 is 0 Å². The van der Waals surface area contributed by atoms with E-state index in [2.05, 4.69) is 36.2 Å². The lowest BCUT2D eigenvalue weighted by molar-refractivity contribution is -0.131. The summed E-state index contributed by atoms with van der Waals surface area (Å²) in [6, 6.07) is 18.1. The van der Waals surface area contributed by atoms with Gasteiger partial charge >= 0.3 is 0 Å². The Bertz CT molecular complexity index is 1120.